The first-order chi connectivity index (χ1) is 14.0. The van der Waals surface area contributed by atoms with Crippen LogP contribution in [0.4, 0.5) is 5.69 Å². The summed E-state index contributed by atoms with van der Waals surface area (Å²) < 4.78 is 0. The number of nitrogens with one attached hydrogen (secondary N) is 1. The van der Waals surface area contributed by atoms with Crippen LogP contribution in [-0.4, -0.2) is 29.1 Å². The molecule has 1 amide bonds. The van der Waals surface area contributed by atoms with Gasteiger partial charge in [0.05, 0.1) is 23.9 Å². The van der Waals surface area contributed by atoms with Crippen molar-refractivity contribution in [3.05, 3.63) is 65.2 Å². The molecule has 0 spiro atoms. The third-order valence-corrected chi connectivity index (χ3v) is 6.66. The number of rotatable bonds is 2. The van der Waals surface area contributed by atoms with Gasteiger partial charge in [0.15, 0.2) is 0 Å². The molecule has 1 N–H and O–H groups in total. The van der Waals surface area contributed by atoms with E-state index >= 15 is 0 Å². The van der Waals surface area contributed by atoms with Gasteiger partial charge < -0.3 is 5.32 Å². The number of anilines is 1. The van der Waals surface area contributed by atoms with Gasteiger partial charge in [-0.25, -0.2) is 0 Å². The summed E-state index contributed by atoms with van der Waals surface area (Å²) >= 11 is 0. The van der Waals surface area contributed by atoms with Crippen LogP contribution in [0.5, 0.6) is 0 Å². The second kappa shape index (κ2) is 6.55. The van der Waals surface area contributed by atoms with Crippen LogP contribution < -0.4 is 5.32 Å². The maximum absolute atomic E-state index is 13.5. The smallest absolute Gasteiger partial charge is 0.234 e. The van der Waals surface area contributed by atoms with E-state index in [1.54, 1.807) is 0 Å². The van der Waals surface area contributed by atoms with E-state index < -0.39 is 5.41 Å². The van der Waals surface area contributed by atoms with Gasteiger partial charge in [-0.15, -0.1) is 0 Å². The summed E-state index contributed by atoms with van der Waals surface area (Å²) in [6, 6.07) is 16.4. The summed E-state index contributed by atoms with van der Waals surface area (Å²) in [4.78, 5) is 25.0. The van der Waals surface area contributed by atoms with Gasteiger partial charge >= 0.3 is 0 Å². The number of guanidine groups is 1. The van der Waals surface area contributed by atoms with E-state index in [2.05, 4.69) is 35.4 Å². The molecule has 1 fully saturated rings. The molecular weight excluding hydrogens is 360 g/mol. The van der Waals surface area contributed by atoms with Crippen LogP contribution in [0.3, 0.4) is 0 Å². The summed E-state index contributed by atoms with van der Waals surface area (Å²) in [6.07, 6.45) is 1.96. The Balaban J connectivity index is 1.53. The van der Waals surface area contributed by atoms with Crippen LogP contribution in [0.2, 0.25) is 0 Å². The molecule has 0 saturated carbocycles. The third kappa shape index (κ3) is 2.79. The van der Waals surface area contributed by atoms with Crippen molar-refractivity contribution in [3.8, 4) is 0 Å². The third-order valence-electron chi connectivity index (χ3n) is 6.66. The van der Waals surface area contributed by atoms with Gasteiger partial charge in [-0.05, 0) is 48.6 Å². The predicted octanol–water partition coefficient (Wildman–Crippen LogP) is 4.35. The van der Waals surface area contributed by atoms with E-state index in [0.717, 1.165) is 24.4 Å². The lowest BCUT2D eigenvalue weighted by atomic mass is 9.80. The highest BCUT2D eigenvalue weighted by atomic mass is 16.2. The summed E-state index contributed by atoms with van der Waals surface area (Å²) in [7, 11) is 0. The van der Waals surface area contributed by atoms with Crippen LogP contribution in [-0.2, 0) is 11.2 Å². The lowest BCUT2D eigenvalue weighted by Gasteiger charge is -2.28. The molecule has 0 bridgehead atoms. The number of nitrogens with zero attached hydrogens (tertiary/aromatic N) is 3. The zero-order valence-electron chi connectivity index (χ0n) is 17.1. The molecule has 2 aliphatic heterocycles. The summed E-state index contributed by atoms with van der Waals surface area (Å²) in [5.41, 5.74) is 4.43. The zero-order valence-corrected chi connectivity index (χ0v) is 17.1. The summed E-state index contributed by atoms with van der Waals surface area (Å²) in [5, 5.41) is 3.30. The van der Waals surface area contributed by atoms with Crippen molar-refractivity contribution in [2.45, 2.75) is 39.7 Å². The van der Waals surface area contributed by atoms with Gasteiger partial charge in [0.2, 0.25) is 11.9 Å². The summed E-state index contributed by atoms with van der Waals surface area (Å²) in [6.45, 7) is 6.81. The molecule has 5 nitrogen and oxygen atoms in total. The standard InChI is InChI=1S/C24H26N4O/c1-15-8-7-11-18-17(15)12-13-20(18)28-21-19(24(2,3)22(28)29)14-25-23(27-21)26-16-9-5-4-6-10-16/h4-11,19-20H,12-14H2,1-3H3,(H,25,26). The monoisotopic (exact) mass is 386 g/mol. The van der Waals surface area contributed by atoms with Gasteiger partial charge in [-0.2, -0.15) is 4.99 Å². The fraction of sp³-hybridized carbons (Fsp3) is 0.375. The fourth-order valence-corrected chi connectivity index (χ4v) is 4.92. The molecule has 2 atom stereocenters. The molecule has 5 heteroatoms. The molecule has 148 valence electrons. The number of benzene rings is 2. The molecule has 2 aromatic carbocycles. The maximum Gasteiger partial charge on any atom is 0.234 e. The number of likely N-dealkylation sites (tertiary alicyclic amines) is 1. The molecule has 3 aliphatic rings. The van der Waals surface area contributed by atoms with Gasteiger partial charge in [0, 0.05) is 5.69 Å². The molecule has 2 heterocycles. The van der Waals surface area contributed by atoms with E-state index in [1.165, 1.54) is 16.7 Å². The highest BCUT2D eigenvalue weighted by molar-refractivity contribution is 6.15. The van der Waals surface area contributed by atoms with Crippen molar-refractivity contribution < 1.29 is 4.79 Å². The van der Waals surface area contributed by atoms with E-state index in [9.17, 15) is 4.79 Å². The van der Waals surface area contributed by atoms with E-state index in [4.69, 9.17) is 4.99 Å². The molecule has 29 heavy (non-hydrogen) atoms. The van der Waals surface area contributed by atoms with Crippen LogP contribution in [0.25, 0.3) is 0 Å². The second-order valence-electron chi connectivity index (χ2n) is 8.77. The first-order valence-electron chi connectivity index (χ1n) is 10.3. The average molecular weight is 386 g/mol. The Morgan fingerprint density at radius 2 is 1.90 bits per heavy atom. The molecule has 0 radical (unpaired) electrons. The van der Waals surface area contributed by atoms with Crippen LogP contribution in [0.1, 0.15) is 43.0 Å². The number of hydrogen-bond donors (Lipinski definition) is 1. The number of para-hydroxylation sites is 1. The van der Waals surface area contributed by atoms with Crippen LogP contribution in [0.15, 0.2) is 58.5 Å². The zero-order chi connectivity index (χ0) is 20.2. The number of carbonyl (C=O) groups excluding carboxylic acids is 1. The lowest BCUT2D eigenvalue weighted by Crippen LogP contribution is -2.37. The maximum atomic E-state index is 13.5. The highest BCUT2D eigenvalue weighted by Crippen LogP contribution is 2.47. The number of aryl methyl sites for hydroxylation is 1. The molecule has 1 aliphatic carbocycles. The van der Waals surface area contributed by atoms with Gasteiger partial charge in [0.25, 0.3) is 0 Å². The fourth-order valence-electron chi connectivity index (χ4n) is 4.92. The molecule has 1 saturated heterocycles. The largest absolute Gasteiger partial charge is 0.324 e. The number of fused-ring (bicyclic) bond motifs is 2. The van der Waals surface area contributed by atoms with Crippen LogP contribution in [0, 0.1) is 18.3 Å². The molecule has 5 rings (SSSR count). The van der Waals surface area contributed by atoms with Crippen molar-refractivity contribution in [1.82, 2.24) is 4.90 Å². The van der Waals surface area contributed by atoms with Gasteiger partial charge in [-0.3, -0.25) is 14.7 Å². The number of aliphatic imine (C=N–C) groups is 2. The van der Waals surface area contributed by atoms with Crippen LogP contribution >= 0.6 is 0 Å². The normalized spacial score (nSPS) is 24.7. The Morgan fingerprint density at radius 3 is 2.69 bits per heavy atom. The highest BCUT2D eigenvalue weighted by Gasteiger charge is 2.55. The minimum Gasteiger partial charge on any atom is -0.324 e. The van der Waals surface area contributed by atoms with E-state index in [-0.39, 0.29) is 17.9 Å². The first-order valence-corrected chi connectivity index (χ1v) is 10.3. The minimum absolute atomic E-state index is 0.0187. The SMILES string of the molecule is Cc1cccc2c1CCC2N1C(=O)C(C)(C)C2CN=C(Nc3ccccc3)N=C21. The van der Waals surface area contributed by atoms with Crippen molar-refractivity contribution in [2.75, 3.05) is 11.9 Å². The van der Waals surface area contributed by atoms with Crippen molar-refractivity contribution in [1.29, 1.82) is 0 Å². The van der Waals surface area contributed by atoms with Gasteiger partial charge in [0.1, 0.15) is 5.84 Å². The lowest BCUT2D eigenvalue weighted by molar-refractivity contribution is -0.135. The van der Waals surface area contributed by atoms with Crippen molar-refractivity contribution >= 4 is 23.4 Å². The second-order valence-corrected chi connectivity index (χ2v) is 8.77. The molecule has 0 aromatic heterocycles. The number of amides is 1. The quantitative estimate of drug-likeness (QED) is 0.834. The molecule has 2 aromatic rings. The van der Waals surface area contributed by atoms with Gasteiger partial charge in [-0.1, -0.05) is 50.2 Å². The topological polar surface area (TPSA) is 57.1 Å². The van der Waals surface area contributed by atoms with Crippen molar-refractivity contribution in [2.24, 2.45) is 21.3 Å². The van der Waals surface area contributed by atoms with E-state index in [1.807, 2.05) is 49.1 Å². The summed E-state index contributed by atoms with van der Waals surface area (Å²) in [5.74, 6) is 1.63. The predicted molar refractivity (Wildman–Crippen MR) is 116 cm³/mol. The Labute approximate surface area is 171 Å². The number of amidine groups is 1. The first kappa shape index (κ1) is 18.1. The van der Waals surface area contributed by atoms with Crippen molar-refractivity contribution in [3.63, 3.8) is 0 Å². The Morgan fingerprint density at radius 1 is 1.10 bits per heavy atom. The number of hydrogen-bond acceptors (Lipinski definition) is 4. The minimum atomic E-state index is -0.493. The Bertz CT molecular complexity index is 1040. The van der Waals surface area contributed by atoms with E-state index in [0.29, 0.717) is 12.5 Å². The Hall–Kier alpha value is -2.95. The number of carbonyl (C=O) groups is 1. The Kier molecular flexibility index (Phi) is 4.09. The average Bonchev–Trinajstić information content (AvgIpc) is 3.21. The molecule has 2 unspecified atom stereocenters. The molecular formula is C24H26N4O.